The predicted octanol–water partition coefficient (Wildman–Crippen LogP) is 4.76. The van der Waals surface area contributed by atoms with Crippen LogP contribution < -0.4 is 0 Å². The summed E-state index contributed by atoms with van der Waals surface area (Å²) in [4.78, 5) is 4.45. The Morgan fingerprint density at radius 1 is 1.15 bits per heavy atom. The van der Waals surface area contributed by atoms with Crippen molar-refractivity contribution in [3.05, 3.63) is 70.5 Å². The highest BCUT2D eigenvalue weighted by Gasteiger charge is 2.10. The molecule has 3 aromatic heterocycles. The van der Waals surface area contributed by atoms with Crippen LogP contribution in [0.15, 0.2) is 54.2 Å². The molecule has 26 heavy (non-hydrogen) atoms. The normalized spacial score (nSPS) is 11.7. The van der Waals surface area contributed by atoms with Crippen molar-refractivity contribution in [1.29, 1.82) is 0 Å². The third-order valence-corrected chi connectivity index (χ3v) is 4.66. The van der Waals surface area contributed by atoms with E-state index in [1.807, 2.05) is 25.4 Å². The molecule has 4 aromatic rings. The lowest BCUT2D eigenvalue weighted by Gasteiger charge is -2.03. The van der Waals surface area contributed by atoms with Crippen LogP contribution in [-0.4, -0.2) is 25.7 Å². The topological polar surface area (TPSA) is 48.0 Å². The van der Waals surface area contributed by atoms with Crippen molar-refractivity contribution < 1.29 is 4.39 Å². The molecule has 0 aliphatic rings. The van der Waals surface area contributed by atoms with Crippen molar-refractivity contribution in [1.82, 2.24) is 19.4 Å². The fourth-order valence-corrected chi connectivity index (χ4v) is 3.08. The van der Waals surface area contributed by atoms with Gasteiger partial charge in [0.1, 0.15) is 5.82 Å². The number of nitrogens with zero attached hydrogens (tertiary/aromatic N) is 5. The Morgan fingerprint density at radius 2 is 2.00 bits per heavy atom. The van der Waals surface area contributed by atoms with Crippen molar-refractivity contribution in [2.45, 2.75) is 0 Å². The zero-order chi connectivity index (χ0) is 18.3. The molecule has 0 saturated heterocycles. The van der Waals surface area contributed by atoms with Crippen LogP contribution in [0.2, 0.25) is 10.0 Å². The number of aromatic nitrogens is 4. The number of aryl methyl sites for hydroxylation is 1. The molecule has 0 amide bonds. The summed E-state index contributed by atoms with van der Waals surface area (Å²) < 4.78 is 17.0. The lowest BCUT2D eigenvalue weighted by atomic mass is 10.1. The maximum absolute atomic E-state index is 13.6. The predicted molar refractivity (Wildman–Crippen MR) is 101 cm³/mol. The number of rotatable bonds is 3. The summed E-state index contributed by atoms with van der Waals surface area (Å²) in [6.07, 6.45) is 8.66. The minimum absolute atomic E-state index is 0.0631. The summed E-state index contributed by atoms with van der Waals surface area (Å²) in [6.45, 7) is 0. The SMILES string of the molecule is Cn1cc(-c2cnc3ccn(N=Cc4c(Cl)ccc(F)c4Cl)c3c2)cn1. The molecule has 0 radical (unpaired) electrons. The molecule has 4 rings (SSSR count). The fourth-order valence-electron chi connectivity index (χ4n) is 2.61. The second-order valence-electron chi connectivity index (χ2n) is 5.69. The Balaban J connectivity index is 1.77. The van der Waals surface area contributed by atoms with E-state index in [-0.39, 0.29) is 5.02 Å². The molecule has 0 atom stereocenters. The highest BCUT2D eigenvalue weighted by molar-refractivity contribution is 6.38. The second kappa shape index (κ2) is 6.55. The molecule has 0 fully saturated rings. The van der Waals surface area contributed by atoms with Gasteiger partial charge in [-0.25, -0.2) is 9.07 Å². The van der Waals surface area contributed by atoms with Crippen LogP contribution in [-0.2, 0) is 7.05 Å². The first-order valence-corrected chi connectivity index (χ1v) is 8.42. The second-order valence-corrected chi connectivity index (χ2v) is 6.48. The van der Waals surface area contributed by atoms with Gasteiger partial charge in [0.15, 0.2) is 0 Å². The third kappa shape index (κ3) is 2.98. The molecule has 0 aliphatic carbocycles. The molecule has 3 heterocycles. The van der Waals surface area contributed by atoms with Crippen LogP contribution in [0.4, 0.5) is 4.39 Å². The molecule has 5 nitrogen and oxygen atoms in total. The van der Waals surface area contributed by atoms with Crippen LogP contribution in [0.25, 0.3) is 22.2 Å². The van der Waals surface area contributed by atoms with Crippen molar-refractivity contribution in [2.24, 2.45) is 12.1 Å². The number of benzene rings is 1. The molecule has 130 valence electrons. The number of pyridine rings is 1. The summed E-state index contributed by atoms with van der Waals surface area (Å²) in [5, 5.41) is 8.80. The van der Waals surface area contributed by atoms with Gasteiger partial charge in [-0.2, -0.15) is 10.2 Å². The van der Waals surface area contributed by atoms with E-state index in [2.05, 4.69) is 15.2 Å². The van der Waals surface area contributed by atoms with E-state index in [4.69, 9.17) is 23.2 Å². The average molecular weight is 388 g/mol. The van der Waals surface area contributed by atoms with E-state index in [1.165, 1.54) is 18.3 Å². The Morgan fingerprint density at radius 3 is 2.77 bits per heavy atom. The lowest BCUT2D eigenvalue weighted by molar-refractivity contribution is 0.628. The summed E-state index contributed by atoms with van der Waals surface area (Å²) in [6, 6.07) is 6.47. The van der Waals surface area contributed by atoms with Gasteiger partial charge in [0, 0.05) is 42.3 Å². The van der Waals surface area contributed by atoms with E-state index in [0.29, 0.717) is 10.6 Å². The molecule has 0 spiro atoms. The van der Waals surface area contributed by atoms with Crippen LogP contribution in [0, 0.1) is 5.82 Å². The quantitative estimate of drug-likeness (QED) is 0.375. The fraction of sp³-hybridized carbons (Fsp3) is 0.0556. The third-order valence-electron chi connectivity index (χ3n) is 3.95. The zero-order valence-electron chi connectivity index (χ0n) is 13.6. The van der Waals surface area contributed by atoms with Crippen LogP contribution >= 0.6 is 23.2 Å². The van der Waals surface area contributed by atoms with Crippen molar-refractivity contribution in [3.8, 4) is 11.1 Å². The van der Waals surface area contributed by atoms with Crippen molar-refractivity contribution in [3.63, 3.8) is 0 Å². The first-order valence-electron chi connectivity index (χ1n) is 7.67. The van der Waals surface area contributed by atoms with Crippen LogP contribution in [0.1, 0.15) is 5.56 Å². The molecular formula is C18H12Cl2FN5. The number of hydrogen-bond acceptors (Lipinski definition) is 3. The lowest BCUT2D eigenvalue weighted by Crippen LogP contribution is -1.93. The van der Waals surface area contributed by atoms with Gasteiger partial charge >= 0.3 is 0 Å². The van der Waals surface area contributed by atoms with Gasteiger partial charge in [-0.1, -0.05) is 23.2 Å². The molecule has 0 unspecified atom stereocenters. The van der Waals surface area contributed by atoms with Gasteiger partial charge in [0.2, 0.25) is 0 Å². The number of hydrogen-bond donors (Lipinski definition) is 0. The Hall–Kier alpha value is -2.70. The maximum atomic E-state index is 13.6. The summed E-state index contributed by atoms with van der Waals surface area (Å²) in [5.74, 6) is -0.546. The van der Waals surface area contributed by atoms with Gasteiger partial charge in [-0.05, 0) is 24.3 Å². The minimum atomic E-state index is -0.546. The Bertz CT molecular complexity index is 1150. The Kier molecular flexibility index (Phi) is 4.22. The van der Waals surface area contributed by atoms with Crippen molar-refractivity contribution in [2.75, 3.05) is 0 Å². The zero-order valence-corrected chi connectivity index (χ0v) is 15.1. The molecular weight excluding hydrogens is 376 g/mol. The van der Waals surface area contributed by atoms with Crippen LogP contribution in [0.5, 0.6) is 0 Å². The average Bonchev–Trinajstić information content (AvgIpc) is 3.24. The summed E-state index contributed by atoms with van der Waals surface area (Å²) >= 11 is 12.1. The highest BCUT2D eigenvalue weighted by atomic mass is 35.5. The van der Waals surface area contributed by atoms with Gasteiger partial charge in [-0.3, -0.25) is 9.67 Å². The largest absolute Gasteiger partial charge is 0.275 e. The van der Waals surface area contributed by atoms with E-state index < -0.39 is 5.82 Å². The standard InChI is InChI=1S/C18H12Cl2FN5/c1-25-10-12(8-23-25)11-6-17-16(22-7-11)4-5-26(17)24-9-13-14(19)2-3-15(21)18(13)20/h2-10H,1H3. The molecule has 8 heteroatoms. The van der Waals surface area contributed by atoms with E-state index in [9.17, 15) is 4.39 Å². The first kappa shape index (κ1) is 16.8. The van der Waals surface area contributed by atoms with Gasteiger partial charge in [0.25, 0.3) is 0 Å². The highest BCUT2D eigenvalue weighted by Crippen LogP contribution is 2.26. The maximum Gasteiger partial charge on any atom is 0.142 e. The van der Waals surface area contributed by atoms with Crippen molar-refractivity contribution >= 4 is 40.4 Å². The minimum Gasteiger partial charge on any atom is -0.275 e. The number of halogens is 3. The van der Waals surface area contributed by atoms with Gasteiger partial charge in [-0.15, -0.1) is 0 Å². The Labute approximate surface area is 158 Å². The molecule has 0 saturated carbocycles. The summed E-state index contributed by atoms with van der Waals surface area (Å²) in [5.41, 5.74) is 3.78. The molecule has 0 aliphatic heterocycles. The van der Waals surface area contributed by atoms with Crippen LogP contribution in [0.3, 0.4) is 0 Å². The summed E-state index contributed by atoms with van der Waals surface area (Å²) in [7, 11) is 1.86. The smallest absolute Gasteiger partial charge is 0.142 e. The van der Waals surface area contributed by atoms with E-state index in [0.717, 1.165) is 22.2 Å². The molecule has 0 bridgehead atoms. The monoisotopic (exact) mass is 387 g/mol. The van der Waals surface area contributed by atoms with E-state index in [1.54, 1.807) is 27.9 Å². The van der Waals surface area contributed by atoms with E-state index >= 15 is 0 Å². The first-order chi connectivity index (χ1) is 12.5. The molecule has 1 aromatic carbocycles. The van der Waals surface area contributed by atoms with Gasteiger partial charge in [0.05, 0.1) is 33.5 Å². The number of fused-ring (bicyclic) bond motifs is 1. The van der Waals surface area contributed by atoms with Gasteiger partial charge < -0.3 is 0 Å². The molecule has 0 N–H and O–H groups in total.